The summed E-state index contributed by atoms with van der Waals surface area (Å²) in [6.07, 6.45) is 14.7. The van der Waals surface area contributed by atoms with Crippen molar-refractivity contribution in [3.63, 3.8) is 0 Å². The first-order valence-electron chi connectivity index (χ1n) is 9.16. The van der Waals surface area contributed by atoms with Crippen molar-refractivity contribution in [3.05, 3.63) is 41.3 Å². The Hall–Kier alpha value is -1.28. The van der Waals surface area contributed by atoms with E-state index >= 15 is 0 Å². The number of allylic oxidation sites excluding steroid dienone is 3. The summed E-state index contributed by atoms with van der Waals surface area (Å²) >= 11 is 0. The third kappa shape index (κ3) is 3.33. The van der Waals surface area contributed by atoms with Gasteiger partial charge in [-0.1, -0.05) is 18.6 Å². The predicted molar refractivity (Wildman–Crippen MR) is 95.0 cm³/mol. The zero-order valence-electron chi connectivity index (χ0n) is 14.4. The van der Waals surface area contributed by atoms with Gasteiger partial charge in [-0.25, -0.2) is 0 Å². The number of aliphatic hydroxyl groups is 1. The van der Waals surface area contributed by atoms with Crippen molar-refractivity contribution in [1.82, 2.24) is 10.2 Å². The zero-order chi connectivity index (χ0) is 16.1. The molecule has 3 nitrogen and oxygen atoms in total. The smallest absolute Gasteiger partial charge is 0.0606 e. The van der Waals surface area contributed by atoms with Crippen LogP contribution in [0.25, 0.3) is 0 Å². The fraction of sp³-hybridized carbons (Fsp3) is 0.650. The maximum Gasteiger partial charge on any atom is 0.0606 e. The van der Waals surface area contributed by atoms with Crippen molar-refractivity contribution in [2.45, 2.75) is 39.0 Å². The first-order valence-corrected chi connectivity index (χ1v) is 9.16. The van der Waals surface area contributed by atoms with E-state index in [0.29, 0.717) is 5.41 Å². The zero-order valence-corrected chi connectivity index (χ0v) is 14.4. The first-order chi connectivity index (χ1) is 11.3. The van der Waals surface area contributed by atoms with E-state index in [1.807, 2.05) is 0 Å². The largest absolute Gasteiger partial charge is 0.395 e. The lowest BCUT2D eigenvalue weighted by atomic mass is 9.57. The van der Waals surface area contributed by atoms with Gasteiger partial charge in [0.15, 0.2) is 0 Å². The molecular formula is C20H30N2O. The van der Waals surface area contributed by atoms with Crippen LogP contribution in [0.1, 0.15) is 39.0 Å². The van der Waals surface area contributed by atoms with E-state index in [0.717, 1.165) is 44.8 Å². The second kappa shape index (κ2) is 7.53. The standard InChI is InChI=1S/C20H30N2O/c1-2-12-22(13-14-23)19-7-5-3-4-6-17(8-9-19)20-11-10-18(20)15-21-16-20/h4-5,8-9,18,21,23H,2,6-7,10-16H2,1H3/b17-8+,19-9+/t3?,18?,20-/m1/s1. The molecule has 0 bridgehead atoms. The highest BCUT2D eigenvalue weighted by molar-refractivity contribution is 5.32. The molecule has 1 saturated heterocycles. The van der Waals surface area contributed by atoms with E-state index in [1.165, 1.54) is 25.1 Å². The van der Waals surface area contributed by atoms with Crippen LogP contribution in [0, 0.1) is 11.3 Å². The van der Waals surface area contributed by atoms with Gasteiger partial charge in [-0.2, -0.15) is 0 Å². The Kier molecular flexibility index (Phi) is 5.42. The van der Waals surface area contributed by atoms with Crippen molar-refractivity contribution in [1.29, 1.82) is 0 Å². The number of nitrogens with one attached hydrogen (secondary N) is 1. The van der Waals surface area contributed by atoms with E-state index < -0.39 is 0 Å². The number of fused-ring (bicyclic) bond motifs is 1. The van der Waals surface area contributed by atoms with Crippen LogP contribution in [0.3, 0.4) is 0 Å². The summed E-state index contributed by atoms with van der Waals surface area (Å²) in [6.45, 7) is 6.44. The lowest BCUT2D eigenvalue weighted by Crippen LogP contribution is -2.41. The molecule has 126 valence electrons. The molecule has 0 spiro atoms. The van der Waals surface area contributed by atoms with Gasteiger partial charge < -0.3 is 15.3 Å². The number of rotatable bonds is 6. The molecule has 0 amide bonds. The topological polar surface area (TPSA) is 35.5 Å². The van der Waals surface area contributed by atoms with Crippen LogP contribution in [0.5, 0.6) is 0 Å². The van der Waals surface area contributed by atoms with Crippen LogP contribution in [0.15, 0.2) is 41.3 Å². The second-order valence-corrected chi connectivity index (χ2v) is 7.07. The molecule has 0 aromatic rings. The average molecular weight is 314 g/mol. The van der Waals surface area contributed by atoms with Crippen molar-refractivity contribution in [2.75, 3.05) is 32.8 Å². The van der Waals surface area contributed by atoms with Crippen LogP contribution in [0.4, 0.5) is 0 Å². The van der Waals surface area contributed by atoms with Gasteiger partial charge in [0.2, 0.25) is 0 Å². The number of hydrogen-bond donors (Lipinski definition) is 2. The summed E-state index contributed by atoms with van der Waals surface area (Å²) in [5.41, 5.74) is 6.64. The fourth-order valence-electron chi connectivity index (χ4n) is 4.37. The van der Waals surface area contributed by atoms with E-state index in [9.17, 15) is 5.11 Å². The fourth-order valence-corrected chi connectivity index (χ4v) is 4.37. The minimum atomic E-state index is 0.212. The molecule has 0 aromatic carbocycles. The van der Waals surface area contributed by atoms with Crippen LogP contribution >= 0.6 is 0 Å². The molecule has 1 unspecified atom stereocenters. The molecule has 2 aliphatic carbocycles. The lowest BCUT2D eigenvalue weighted by molar-refractivity contribution is 0.129. The quantitative estimate of drug-likeness (QED) is 0.740. The van der Waals surface area contributed by atoms with E-state index in [1.54, 1.807) is 5.57 Å². The van der Waals surface area contributed by atoms with E-state index in [2.05, 4.69) is 47.2 Å². The third-order valence-electron chi connectivity index (χ3n) is 5.81. The van der Waals surface area contributed by atoms with Crippen LogP contribution in [-0.4, -0.2) is 42.8 Å². The Morgan fingerprint density at radius 3 is 2.87 bits per heavy atom. The van der Waals surface area contributed by atoms with Crippen molar-refractivity contribution >= 4 is 0 Å². The Morgan fingerprint density at radius 2 is 2.17 bits per heavy atom. The first kappa shape index (κ1) is 16.6. The van der Waals surface area contributed by atoms with Gasteiger partial charge >= 0.3 is 0 Å². The van der Waals surface area contributed by atoms with Gasteiger partial charge in [-0.05, 0) is 56.4 Å². The summed E-state index contributed by atoms with van der Waals surface area (Å²) in [4.78, 5) is 2.32. The Morgan fingerprint density at radius 1 is 1.30 bits per heavy atom. The normalized spacial score (nSPS) is 34.3. The number of hydrogen-bond acceptors (Lipinski definition) is 3. The van der Waals surface area contributed by atoms with Gasteiger partial charge in [0, 0.05) is 37.2 Å². The molecule has 2 fully saturated rings. The molecule has 3 rings (SSSR count). The highest BCUT2D eigenvalue weighted by Crippen LogP contribution is 2.55. The molecule has 1 aliphatic heterocycles. The molecule has 1 heterocycles. The van der Waals surface area contributed by atoms with Crippen LogP contribution in [0.2, 0.25) is 0 Å². The summed E-state index contributed by atoms with van der Waals surface area (Å²) in [6, 6.07) is 0. The van der Waals surface area contributed by atoms with Crippen molar-refractivity contribution in [3.8, 4) is 0 Å². The predicted octanol–water partition coefficient (Wildman–Crippen LogP) is 3.01. The maximum absolute atomic E-state index is 9.36. The van der Waals surface area contributed by atoms with Crippen molar-refractivity contribution in [2.24, 2.45) is 11.3 Å². The maximum atomic E-state index is 9.36. The summed E-state index contributed by atoms with van der Waals surface area (Å²) in [5, 5.41) is 13.0. The van der Waals surface area contributed by atoms with Crippen LogP contribution < -0.4 is 5.32 Å². The molecule has 3 aliphatic rings. The third-order valence-corrected chi connectivity index (χ3v) is 5.81. The summed E-state index contributed by atoms with van der Waals surface area (Å²) in [7, 11) is 0. The van der Waals surface area contributed by atoms with Crippen LogP contribution in [-0.2, 0) is 0 Å². The molecule has 2 atom stereocenters. The Labute approximate surface area is 140 Å². The minimum absolute atomic E-state index is 0.212. The molecule has 0 aromatic heterocycles. The van der Waals surface area contributed by atoms with Gasteiger partial charge in [-0.15, -0.1) is 5.73 Å². The summed E-state index contributed by atoms with van der Waals surface area (Å²) in [5.74, 6) is 0.827. The molecule has 23 heavy (non-hydrogen) atoms. The van der Waals surface area contributed by atoms with E-state index in [-0.39, 0.29) is 6.61 Å². The van der Waals surface area contributed by atoms with E-state index in [4.69, 9.17) is 0 Å². The Balaban J connectivity index is 1.87. The highest BCUT2D eigenvalue weighted by Gasteiger charge is 2.51. The molecule has 2 N–H and O–H groups in total. The van der Waals surface area contributed by atoms with Crippen molar-refractivity contribution < 1.29 is 5.11 Å². The second-order valence-electron chi connectivity index (χ2n) is 7.07. The molecular weight excluding hydrogens is 284 g/mol. The lowest BCUT2D eigenvalue weighted by Gasteiger charge is -2.46. The van der Waals surface area contributed by atoms with Gasteiger partial charge in [0.25, 0.3) is 0 Å². The number of aliphatic hydroxyl groups excluding tert-OH is 1. The SMILES string of the molecule is CCCN(CCO)/C1=C/C=C(/[C@]23CCC2CNC3)CC=C=CC1. The van der Waals surface area contributed by atoms with Gasteiger partial charge in [-0.3, -0.25) is 0 Å². The molecule has 0 radical (unpaired) electrons. The molecule has 3 heteroatoms. The summed E-state index contributed by atoms with van der Waals surface area (Å²) < 4.78 is 0. The minimum Gasteiger partial charge on any atom is -0.395 e. The average Bonchev–Trinajstić information content (AvgIpc) is 2.88. The van der Waals surface area contributed by atoms with Gasteiger partial charge in [0.1, 0.15) is 0 Å². The Bertz CT molecular complexity index is 536. The molecule has 1 saturated carbocycles. The monoisotopic (exact) mass is 314 g/mol. The van der Waals surface area contributed by atoms with Gasteiger partial charge in [0.05, 0.1) is 6.61 Å². The highest BCUT2D eigenvalue weighted by atomic mass is 16.3. The number of nitrogens with zero attached hydrogens (tertiary/aromatic N) is 1.